The Morgan fingerprint density at radius 2 is 2.05 bits per heavy atom. The second-order valence-electron chi connectivity index (χ2n) is 5.48. The molecular weight excluding hydrogens is 244 g/mol. The normalized spacial score (nSPS) is 17.2. The summed E-state index contributed by atoms with van der Waals surface area (Å²) >= 11 is 0. The van der Waals surface area contributed by atoms with E-state index in [2.05, 4.69) is 19.2 Å². The van der Waals surface area contributed by atoms with Crippen LogP contribution in [-0.4, -0.2) is 63.4 Å². The van der Waals surface area contributed by atoms with Gasteiger partial charge in [-0.1, -0.05) is 13.8 Å². The van der Waals surface area contributed by atoms with Crippen molar-refractivity contribution in [2.24, 2.45) is 5.92 Å². The zero-order valence-corrected chi connectivity index (χ0v) is 12.5. The van der Waals surface area contributed by atoms with E-state index in [0.29, 0.717) is 25.2 Å². The Labute approximate surface area is 116 Å². The molecule has 0 aromatic carbocycles. The van der Waals surface area contributed by atoms with Crippen molar-refractivity contribution in [3.8, 4) is 0 Å². The molecule has 0 aliphatic carbocycles. The fourth-order valence-electron chi connectivity index (χ4n) is 2.08. The van der Waals surface area contributed by atoms with Crippen molar-refractivity contribution in [2.75, 3.05) is 46.5 Å². The minimum Gasteiger partial charge on any atom is -0.383 e. The number of amides is 1. The summed E-state index contributed by atoms with van der Waals surface area (Å²) in [6, 6.07) is 0. The molecule has 0 spiro atoms. The number of nitrogens with zero attached hydrogens (tertiary/aromatic N) is 1. The molecule has 0 atom stereocenters. The average molecular weight is 272 g/mol. The molecule has 1 heterocycles. The molecule has 0 aromatic rings. The summed E-state index contributed by atoms with van der Waals surface area (Å²) in [6.07, 6.45) is 2.24. The van der Waals surface area contributed by atoms with Crippen LogP contribution in [0.25, 0.3) is 0 Å². The Bertz CT molecular complexity index is 251. The van der Waals surface area contributed by atoms with Gasteiger partial charge in [-0.15, -0.1) is 0 Å². The maximum atomic E-state index is 11.9. The Morgan fingerprint density at radius 1 is 1.37 bits per heavy atom. The van der Waals surface area contributed by atoms with Crippen molar-refractivity contribution < 1.29 is 14.3 Å². The number of carbonyl (C=O) groups is 1. The maximum Gasteiger partial charge on any atom is 0.236 e. The summed E-state index contributed by atoms with van der Waals surface area (Å²) < 4.78 is 10.7. The van der Waals surface area contributed by atoms with E-state index in [-0.39, 0.29) is 5.91 Å². The number of hydrogen-bond acceptors (Lipinski definition) is 4. The molecule has 0 unspecified atom stereocenters. The molecule has 19 heavy (non-hydrogen) atoms. The standard InChI is InChI=1S/C14H28N2O3/c1-12(2)11-19-13-4-7-16(8-5-13)14(17)10-15-6-9-18-3/h12-13,15H,4-11H2,1-3H3. The lowest BCUT2D eigenvalue weighted by Crippen LogP contribution is -2.45. The highest BCUT2D eigenvalue weighted by atomic mass is 16.5. The van der Waals surface area contributed by atoms with Gasteiger partial charge in [0.25, 0.3) is 0 Å². The highest BCUT2D eigenvalue weighted by molar-refractivity contribution is 5.78. The largest absolute Gasteiger partial charge is 0.383 e. The van der Waals surface area contributed by atoms with E-state index in [1.807, 2.05) is 4.90 Å². The van der Waals surface area contributed by atoms with Gasteiger partial charge in [-0.05, 0) is 18.8 Å². The van der Waals surface area contributed by atoms with Gasteiger partial charge in [-0.2, -0.15) is 0 Å². The van der Waals surface area contributed by atoms with Crippen LogP contribution in [0.3, 0.4) is 0 Å². The summed E-state index contributed by atoms with van der Waals surface area (Å²) in [4.78, 5) is 13.8. The van der Waals surface area contributed by atoms with Gasteiger partial charge in [0.05, 0.1) is 19.3 Å². The van der Waals surface area contributed by atoms with Crippen LogP contribution < -0.4 is 5.32 Å². The monoisotopic (exact) mass is 272 g/mol. The smallest absolute Gasteiger partial charge is 0.236 e. The fourth-order valence-corrected chi connectivity index (χ4v) is 2.08. The molecule has 1 rings (SSSR count). The molecule has 1 amide bonds. The van der Waals surface area contributed by atoms with Crippen LogP contribution in [0.5, 0.6) is 0 Å². The maximum absolute atomic E-state index is 11.9. The number of nitrogens with one attached hydrogen (secondary N) is 1. The topological polar surface area (TPSA) is 50.8 Å². The second-order valence-corrected chi connectivity index (χ2v) is 5.48. The number of piperidine rings is 1. The van der Waals surface area contributed by atoms with Crippen LogP contribution in [0.4, 0.5) is 0 Å². The summed E-state index contributed by atoms with van der Waals surface area (Å²) in [5.41, 5.74) is 0. The van der Waals surface area contributed by atoms with Gasteiger partial charge in [0, 0.05) is 33.4 Å². The predicted molar refractivity (Wildman–Crippen MR) is 75.1 cm³/mol. The molecule has 1 fully saturated rings. The van der Waals surface area contributed by atoms with Gasteiger partial charge in [-0.3, -0.25) is 4.79 Å². The molecule has 0 saturated carbocycles. The predicted octanol–water partition coefficient (Wildman–Crippen LogP) is 0.886. The van der Waals surface area contributed by atoms with E-state index in [9.17, 15) is 4.79 Å². The molecule has 1 N–H and O–H groups in total. The molecule has 5 nitrogen and oxygen atoms in total. The Balaban J connectivity index is 2.12. The van der Waals surface area contributed by atoms with E-state index >= 15 is 0 Å². The first-order chi connectivity index (χ1) is 9.13. The third-order valence-corrected chi connectivity index (χ3v) is 3.22. The van der Waals surface area contributed by atoms with E-state index < -0.39 is 0 Å². The van der Waals surface area contributed by atoms with Crippen molar-refractivity contribution in [2.45, 2.75) is 32.8 Å². The number of likely N-dealkylation sites (tertiary alicyclic amines) is 1. The first-order valence-corrected chi connectivity index (χ1v) is 7.22. The van der Waals surface area contributed by atoms with Crippen molar-refractivity contribution >= 4 is 5.91 Å². The highest BCUT2D eigenvalue weighted by Gasteiger charge is 2.22. The van der Waals surface area contributed by atoms with Crippen LogP contribution in [0, 0.1) is 5.92 Å². The Kier molecular flexibility index (Phi) is 8.02. The molecule has 0 bridgehead atoms. The minimum atomic E-state index is 0.179. The van der Waals surface area contributed by atoms with Crippen molar-refractivity contribution in [3.63, 3.8) is 0 Å². The van der Waals surface area contributed by atoms with Gasteiger partial charge < -0.3 is 19.7 Å². The van der Waals surface area contributed by atoms with Crippen LogP contribution >= 0.6 is 0 Å². The van der Waals surface area contributed by atoms with Gasteiger partial charge in [0.2, 0.25) is 5.91 Å². The lowest BCUT2D eigenvalue weighted by atomic mass is 10.1. The second kappa shape index (κ2) is 9.28. The number of hydrogen-bond donors (Lipinski definition) is 1. The molecule has 1 aliphatic heterocycles. The van der Waals surface area contributed by atoms with Crippen LogP contribution in [0.2, 0.25) is 0 Å². The molecule has 0 radical (unpaired) electrons. The zero-order chi connectivity index (χ0) is 14.1. The fraction of sp³-hybridized carbons (Fsp3) is 0.929. The number of carbonyl (C=O) groups excluding carboxylic acids is 1. The average Bonchev–Trinajstić information content (AvgIpc) is 2.41. The SMILES string of the molecule is COCCNCC(=O)N1CCC(OCC(C)C)CC1. The summed E-state index contributed by atoms with van der Waals surface area (Å²) in [6.45, 7) is 8.52. The highest BCUT2D eigenvalue weighted by Crippen LogP contribution is 2.14. The quantitative estimate of drug-likeness (QED) is 0.667. The number of methoxy groups -OCH3 is 1. The minimum absolute atomic E-state index is 0.179. The first kappa shape index (κ1) is 16.4. The lowest BCUT2D eigenvalue weighted by Gasteiger charge is -2.32. The van der Waals surface area contributed by atoms with Gasteiger partial charge in [0.1, 0.15) is 0 Å². The molecule has 1 saturated heterocycles. The third-order valence-electron chi connectivity index (χ3n) is 3.22. The van der Waals surface area contributed by atoms with Gasteiger partial charge in [-0.25, -0.2) is 0 Å². The zero-order valence-electron chi connectivity index (χ0n) is 12.5. The summed E-state index contributed by atoms with van der Waals surface area (Å²) in [5, 5.41) is 3.09. The Morgan fingerprint density at radius 3 is 2.63 bits per heavy atom. The molecule has 1 aliphatic rings. The number of ether oxygens (including phenoxy) is 2. The van der Waals surface area contributed by atoms with E-state index in [4.69, 9.17) is 9.47 Å². The van der Waals surface area contributed by atoms with Gasteiger partial charge >= 0.3 is 0 Å². The third kappa shape index (κ3) is 6.89. The van der Waals surface area contributed by atoms with E-state index in [1.165, 1.54) is 0 Å². The Hall–Kier alpha value is -0.650. The van der Waals surface area contributed by atoms with E-state index in [1.54, 1.807) is 7.11 Å². The van der Waals surface area contributed by atoms with Crippen molar-refractivity contribution in [3.05, 3.63) is 0 Å². The number of rotatable bonds is 8. The van der Waals surface area contributed by atoms with E-state index in [0.717, 1.165) is 39.1 Å². The summed E-state index contributed by atoms with van der Waals surface area (Å²) in [7, 11) is 1.66. The molecule has 112 valence electrons. The van der Waals surface area contributed by atoms with Crippen molar-refractivity contribution in [1.29, 1.82) is 0 Å². The van der Waals surface area contributed by atoms with Gasteiger partial charge in [0.15, 0.2) is 0 Å². The molecule has 5 heteroatoms. The summed E-state index contributed by atoms with van der Waals surface area (Å²) in [5.74, 6) is 0.753. The molecule has 0 aromatic heterocycles. The van der Waals surface area contributed by atoms with Crippen LogP contribution in [0.1, 0.15) is 26.7 Å². The first-order valence-electron chi connectivity index (χ1n) is 7.22. The van der Waals surface area contributed by atoms with Crippen molar-refractivity contribution in [1.82, 2.24) is 10.2 Å². The molecular formula is C14H28N2O3. The lowest BCUT2D eigenvalue weighted by molar-refractivity contribution is -0.133. The van der Waals surface area contributed by atoms with Crippen LogP contribution in [-0.2, 0) is 14.3 Å². The van der Waals surface area contributed by atoms with Crippen LogP contribution in [0.15, 0.2) is 0 Å².